The van der Waals surface area contributed by atoms with Crippen LogP contribution in [0.2, 0.25) is 0 Å². The average molecular weight is 194 g/mol. The normalized spacial score (nSPS) is 29.3. The van der Waals surface area contributed by atoms with Crippen LogP contribution < -0.4 is 5.32 Å². The van der Waals surface area contributed by atoms with Gasteiger partial charge in [-0.25, -0.2) is 0 Å². The lowest BCUT2D eigenvalue weighted by atomic mass is 10.1. The molecular formula is C10H18N4. The molecule has 0 amide bonds. The van der Waals surface area contributed by atoms with E-state index in [2.05, 4.69) is 34.3 Å². The Morgan fingerprint density at radius 2 is 2.14 bits per heavy atom. The maximum absolute atomic E-state index is 3.96. The fourth-order valence-corrected chi connectivity index (χ4v) is 2.19. The molecular weight excluding hydrogens is 176 g/mol. The van der Waals surface area contributed by atoms with Gasteiger partial charge in [0.05, 0.1) is 6.20 Å². The second-order valence-electron chi connectivity index (χ2n) is 4.27. The van der Waals surface area contributed by atoms with E-state index in [0.29, 0.717) is 12.1 Å². The van der Waals surface area contributed by atoms with E-state index in [1.807, 2.05) is 12.4 Å². The van der Waals surface area contributed by atoms with Crippen LogP contribution in [0.4, 0.5) is 0 Å². The highest BCUT2D eigenvalue weighted by Crippen LogP contribution is 2.08. The van der Waals surface area contributed by atoms with E-state index in [9.17, 15) is 0 Å². The maximum Gasteiger partial charge on any atom is 0.0532 e. The number of piperazine rings is 1. The summed E-state index contributed by atoms with van der Waals surface area (Å²) in [7, 11) is 0. The van der Waals surface area contributed by atoms with Gasteiger partial charge in [0.1, 0.15) is 0 Å². The van der Waals surface area contributed by atoms with Crippen molar-refractivity contribution in [2.24, 2.45) is 0 Å². The SMILES string of the molecule is CC1CN(Cc2cn[nH]c2)CC(C)N1. The van der Waals surface area contributed by atoms with E-state index >= 15 is 0 Å². The molecule has 0 bridgehead atoms. The Balaban J connectivity index is 1.91. The molecule has 4 heteroatoms. The number of aromatic amines is 1. The minimum Gasteiger partial charge on any atom is -0.309 e. The zero-order valence-electron chi connectivity index (χ0n) is 8.83. The molecule has 2 unspecified atom stereocenters. The summed E-state index contributed by atoms with van der Waals surface area (Å²) in [5.41, 5.74) is 1.27. The monoisotopic (exact) mass is 194 g/mol. The summed E-state index contributed by atoms with van der Waals surface area (Å²) in [6.45, 7) is 7.72. The van der Waals surface area contributed by atoms with Crippen LogP contribution in [0.3, 0.4) is 0 Å². The third-order valence-electron chi connectivity index (χ3n) is 2.59. The van der Waals surface area contributed by atoms with Gasteiger partial charge in [-0.1, -0.05) is 0 Å². The van der Waals surface area contributed by atoms with Crippen LogP contribution >= 0.6 is 0 Å². The van der Waals surface area contributed by atoms with Crippen molar-refractivity contribution >= 4 is 0 Å². The Bertz CT molecular complexity index is 260. The maximum atomic E-state index is 3.96. The summed E-state index contributed by atoms with van der Waals surface area (Å²) in [5.74, 6) is 0. The quantitative estimate of drug-likeness (QED) is 0.724. The van der Waals surface area contributed by atoms with Gasteiger partial charge in [0.15, 0.2) is 0 Å². The predicted octanol–water partition coefficient (Wildman–Crippen LogP) is 0.592. The summed E-state index contributed by atoms with van der Waals surface area (Å²) in [6.07, 6.45) is 3.87. The first-order chi connectivity index (χ1) is 6.74. The van der Waals surface area contributed by atoms with Crippen molar-refractivity contribution < 1.29 is 0 Å². The Kier molecular flexibility index (Phi) is 2.84. The van der Waals surface area contributed by atoms with Crippen molar-refractivity contribution in [3.63, 3.8) is 0 Å². The van der Waals surface area contributed by atoms with E-state index in [4.69, 9.17) is 0 Å². The molecule has 1 saturated heterocycles. The number of hydrogen-bond acceptors (Lipinski definition) is 3. The topological polar surface area (TPSA) is 44.0 Å². The van der Waals surface area contributed by atoms with Crippen LogP contribution in [-0.2, 0) is 6.54 Å². The van der Waals surface area contributed by atoms with Crippen molar-refractivity contribution in [3.05, 3.63) is 18.0 Å². The molecule has 1 aromatic rings. The predicted molar refractivity (Wildman–Crippen MR) is 55.9 cm³/mol. The highest BCUT2D eigenvalue weighted by atomic mass is 15.2. The largest absolute Gasteiger partial charge is 0.309 e. The molecule has 2 rings (SSSR count). The minimum atomic E-state index is 0.589. The van der Waals surface area contributed by atoms with Crippen molar-refractivity contribution in [3.8, 4) is 0 Å². The van der Waals surface area contributed by atoms with Gasteiger partial charge >= 0.3 is 0 Å². The van der Waals surface area contributed by atoms with Gasteiger partial charge in [-0.15, -0.1) is 0 Å². The number of H-pyrrole nitrogens is 1. The van der Waals surface area contributed by atoms with Gasteiger partial charge in [0.2, 0.25) is 0 Å². The fourth-order valence-electron chi connectivity index (χ4n) is 2.19. The van der Waals surface area contributed by atoms with Crippen molar-refractivity contribution in [1.82, 2.24) is 20.4 Å². The summed E-state index contributed by atoms with van der Waals surface area (Å²) >= 11 is 0. The van der Waals surface area contributed by atoms with E-state index < -0.39 is 0 Å². The van der Waals surface area contributed by atoms with E-state index in [0.717, 1.165) is 19.6 Å². The Morgan fingerprint density at radius 1 is 1.43 bits per heavy atom. The van der Waals surface area contributed by atoms with Crippen LogP contribution in [0.15, 0.2) is 12.4 Å². The highest BCUT2D eigenvalue weighted by Gasteiger charge is 2.20. The van der Waals surface area contributed by atoms with E-state index in [1.54, 1.807) is 0 Å². The molecule has 2 heterocycles. The summed E-state index contributed by atoms with van der Waals surface area (Å²) < 4.78 is 0. The molecule has 1 aromatic heterocycles. The zero-order valence-corrected chi connectivity index (χ0v) is 8.83. The van der Waals surface area contributed by atoms with Gasteiger partial charge in [-0.05, 0) is 13.8 Å². The van der Waals surface area contributed by atoms with Crippen LogP contribution in [0.1, 0.15) is 19.4 Å². The van der Waals surface area contributed by atoms with Crippen LogP contribution in [0.5, 0.6) is 0 Å². The number of nitrogens with one attached hydrogen (secondary N) is 2. The highest BCUT2D eigenvalue weighted by molar-refractivity contribution is 5.02. The number of nitrogens with zero attached hydrogens (tertiary/aromatic N) is 2. The molecule has 1 aliphatic rings. The summed E-state index contributed by atoms with van der Waals surface area (Å²) in [5, 5.41) is 10.3. The van der Waals surface area contributed by atoms with Gasteiger partial charge in [-0.2, -0.15) is 5.10 Å². The third-order valence-corrected chi connectivity index (χ3v) is 2.59. The van der Waals surface area contributed by atoms with Crippen molar-refractivity contribution in [2.45, 2.75) is 32.5 Å². The summed E-state index contributed by atoms with van der Waals surface area (Å²) in [4.78, 5) is 2.47. The molecule has 0 saturated carbocycles. The van der Waals surface area contributed by atoms with E-state index in [-0.39, 0.29) is 0 Å². The minimum absolute atomic E-state index is 0.589. The number of aromatic nitrogens is 2. The molecule has 0 aliphatic carbocycles. The van der Waals surface area contributed by atoms with Gasteiger partial charge in [-0.3, -0.25) is 10.00 Å². The van der Waals surface area contributed by atoms with Crippen LogP contribution in [-0.4, -0.2) is 40.3 Å². The second kappa shape index (κ2) is 4.11. The molecule has 0 radical (unpaired) electrons. The standard InChI is InChI=1S/C10H18N4/c1-8-5-14(6-9(2)13-8)7-10-3-11-12-4-10/h3-4,8-9,13H,5-7H2,1-2H3,(H,11,12). The number of rotatable bonds is 2. The molecule has 14 heavy (non-hydrogen) atoms. The van der Waals surface area contributed by atoms with Crippen molar-refractivity contribution in [1.29, 1.82) is 0 Å². The molecule has 1 aliphatic heterocycles. The zero-order chi connectivity index (χ0) is 9.97. The molecule has 2 N–H and O–H groups in total. The lowest BCUT2D eigenvalue weighted by Gasteiger charge is -2.35. The van der Waals surface area contributed by atoms with Crippen LogP contribution in [0.25, 0.3) is 0 Å². The first kappa shape index (κ1) is 9.68. The Labute approximate surface area is 84.7 Å². The van der Waals surface area contributed by atoms with Gasteiger partial charge in [0, 0.05) is 43.5 Å². The molecule has 4 nitrogen and oxygen atoms in total. The average Bonchev–Trinajstić information content (AvgIpc) is 2.54. The lowest BCUT2D eigenvalue weighted by Crippen LogP contribution is -2.53. The van der Waals surface area contributed by atoms with Gasteiger partial charge < -0.3 is 5.32 Å². The fraction of sp³-hybridized carbons (Fsp3) is 0.700. The molecule has 2 atom stereocenters. The molecule has 0 spiro atoms. The Morgan fingerprint density at radius 3 is 2.71 bits per heavy atom. The van der Waals surface area contributed by atoms with Crippen molar-refractivity contribution in [2.75, 3.05) is 13.1 Å². The smallest absolute Gasteiger partial charge is 0.0532 e. The summed E-state index contributed by atoms with van der Waals surface area (Å²) in [6, 6.07) is 1.18. The molecule has 1 fully saturated rings. The Hall–Kier alpha value is -0.870. The second-order valence-corrected chi connectivity index (χ2v) is 4.27. The number of hydrogen-bond donors (Lipinski definition) is 2. The molecule has 0 aromatic carbocycles. The van der Waals surface area contributed by atoms with E-state index in [1.165, 1.54) is 5.56 Å². The lowest BCUT2D eigenvalue weighted by molar-refractivity contribution is 0.166. The molecule has 78 valence electrons. The van der Waals surface area contributed by atoms with Crippen LogP contribution in [0, 0.1) is 0 Å². The first-order valence-electron chi connectivity index (χ1n) is 5.20. The van der Waals surface area contributed by atoms with Gasteiger partial charge in [0.25, 0.3) is 0 Å². The first-order valence-corrected chi connectivity index (χ1v) is 5.20. The third kappa shape index (κ3) is 2.33.